The van der Waals surface area contributed by atoms with Gasteiger partial charge in [0.05, 0.1) is 19.2 Å². The summed E-state index contributed by atoms with van der Waals surface area (Å²) < 4.78 is 7.09. The van der Waals surface area contributed by atoms with Crippen molar-refractivity contribution in [3.05, 3.63) is 98.0 Å². The Balaban J connectivity index is 1.62. The minimum absolute atomic E-state index is 0.0850. The van der Waals surface area contributed by atoms with Crippen LogP contribution in [-0.2, 0) is 19.5 Å². The Kier molecular flexibility index (Phi) is 6.02. The number of hydrogen-bond acceptors (Lipinski definition) is 4. The van der Waals surface area contributed by atoms with Crippen molar-refractivity contribution in [3.63, 3.8) is 0 Å². The van der Waals surface area contributed by atoms with Gasteiger partial charge in [0.1, 0.15) is 16.1 Å². The zero-order valence-electron chi connectivity index (χ0n) is 18.4. The molecule has 0 fully saturated rings. The van der Waals surface area contributed by atoms with Crippen molar-refractivity contribution >= 4 is 45.7 Å². The molecule has 1 amide bonds. The van der Waals surface area contributed by atoms with E-state index in [0.717, 1.165) is 23.7 Å². The molecule has 1 aliphatic heterocycles. The molecule has 0 radical (unpaired) electrons. The summed E-state index contributed by atoms with van der Waals surface area (Å²) in [6, 6.07) is 18.0. The molecular weight excluding hydrogens is 473 g/mol. The van der Waals surface area contributed by atoms with Crippen LogP contribution in [0.5, 0.6) is 5.75 Å². The van der Waals surface area contributed by atoms with Crippen molar-refractivity contribution < 1.29 is 9.53 Å². The fourth-order valence-electron chi connectivity index (χ4n) is 4.49. The summed E-state index contributed by atoms with van der Waals surface area (Å²) in [5.74, 6) is 0.317. The van der Waals surface area contributed by atoms with Crippen LogP contribution in [-0.4, -0.2) is 22.6 Å². The summed E-state index contributed by atoms with van der Waals surface area (Å²) >= 11 is 12.1. The Labute approximate surface area is 206 Å². The maximum absolute atomic E-state index is 13.6. The van der Waals surface area contributed by atoms with Crippen LogP contribution in [0.3, 0.4) is 0 Å². The van der Waals surface area contributed by atoms with Crippen LogP contribution in [0.1, 0.15) is 27.9 Å². The molecule has 2 aromatic heterocycles. The van der Waals surface area contributed by atoms with Gasteiger partial charge in [-0.3, -0.25) is 9.59 Å². The number of carbonyl (C=O) groups excluding carboxylic acids is 1. The number of benzene rings is 2. The summed E-state index contributed by atoms with van der Waals surface area (Å²) in [7, 11) is 1.58. The van der Waals surface area contributed by atoms with Gasteiger partial charge in [-0.1, -0.05) is 41.4 Å². The molecule has 2 aromatic carbocycles. The third kappa shape index (κ3) is 4.15. The molecule has 172 valence electrons. The van der Waals surface area contributed by atoms with E-state index in [4.69, 9.17) is 27.9 Å². The molecule has 0 aliphatic carbocycles. The van der Waals surface area contributed by atoms with Crippen LogP contribution in [0.15, 0.2) is 65.5 Å². The monoisotopic (exact) mass is 493 g/mol. The predicted molar refractivity (Wildman–Crippen MR) is 134 cm³/mol. The molecule has 0 N–H and O–H groups in total. The van der Waals surface area contributed by atoms with Gasteiger partial charge in [0, 0.05) is 23.4 Å². The van der Waals surface area contributed by atoms with Gasteiger partial charge in [-0.2, -0.15) is 0 Å². The van der Waals surface area contributed by atoms with Gasteiger partial charge in [-0.25, -0.2) is 4.98 Å². The highest BCUT2D eigenvalue weighted by atomic mass is 35.5. The molecule has 0 saturated carbocycles. The van der Waals surface area contributed by atoms with Crippen LogP contribution in [0, 0.1) is 0 Å². The second-order valence-corrected chi connectivity index (χ2v) is 8.95. The number of hydrogen-bond donors (Lipinski definition) is 0. The van der Waals surface area contributed by atoms with Crippen molar-refractivity contribution in [2.75, 3.05) is 12.0 Å². The highest BCUT2D eigenvalue weighted by Crippen LogP contribution is 2.27. The maximum atomic E-state index is 13.6. The summed E-state index contributed by atoms with van der Waals surface area (Å²) in [5, 5.41) is 1.23. The number of rotatable bonds is 5. The zero-order valence-corrected chi connectivity index (χ0v) is 19.9. The number of carbonyl (C=O) groups is 1. The Morgan fingerprint density at radius 2 is 1.82 bits per heavy atom. The minimum Gasteiger partial charge on any atom is -0.497 e. The molecule has 34 heavy (non-hydrogen) atoms. The summed E-state index contributed by atoms with van der Waals surface area (Å²) in [6.07, 6.45) is 1.86. The number of aromatic nitrogens is 2. The number of methoxy groups -OCH3 is 1. The Hall–Kier alpha value is -3.35. The Morgan fingerprint density at radius 3 is 2.53 bits per heavy atom. The van der Waals surface area contributed by atoms with Crippen LogP contribution in [0.25, 0.3) is 10.9 Å². The molecule has 0 unspecified atom stereocenters. The number of amides is 1. The predicted octanol–water partition coefficient (Wildman–Crippen LogP) is 5.51. The van der Waals surface area contributed by atoms with Crippen molar-refractivity contribution in [2.24, 2.45) is 0 Å². The SMILES string of the molecule is COc1ccc(N(Cc2cc3cccc4c3n(c2=O)CCC4)C(=O)c2cc(Cl)nc(Cl)c2)cc1. The van der Waals surface area contributed by atoms with Crippen molar-refractivity contribution in [2.45, 2.75) is 25.9 Å². The average molecular weight is 494 g/mol. The molecule has 4 aromatic rings. The molecule has 8 heteroatoms. The minimum atomic E-state index is -0.344. The number of halogens is 2. The average Bonchev–Trinajstić information content (AvgIpc) is 2.84. The van der Waals surface area contributed by atoms with E-state index in [1.54, 1.807) is 36.3 Å². The number of aryl methyl sites for hydroxylation is 2. The van der Waals surface area contributed by atoms with E-state index >= 15 is 0 Å². The lowest BCUT2D eigenvalue weighted by Gasteiger charge is -2.25. The molecule has 0 atom stereocenters. The van der Waals surface area contributed by atoms with Crippen LogP contribution < -0.4 is 15.2 Å². The number of nitrogens with zero attached hydrogens (tertiary/aromatic N) is 3. The van der Waals surface area contributed by atoms with Gasteiger partial charge in [0.2, 0.25) is 0 Å². The third-order valence-corrected chi connectivity index (χ3v) is 6.45. The van der Waals surface area contributed by atoms with Gasteiger partial charge in [0.25, 0.3) is 11.5 Å². The molecule has 1 aliphatic rings. The van der Waals surface area contributed by atoms with Crippen molar-refractivity contribution in [3.8, 4) is 5.75 Å². The van der Waals surface area contributed by atoms with Gasteiger partial charge in [-0.05, 0) is 66.3 Å². The van der Waals surface area contributed by atoms with Crippen molar-refractivity contribution in [1.29, 1.82) is 0 Å². The van der Waals surface area contributed by atoms with E-state index in [1.165, 1.54) is 17.7 Å². The van der Waals surface area contributed by atoms with Gasteiger partial charge >= 0.3 is 0 Å². The Bertz CT molecular complexity index is 1440. The van der Waals surface area contributed by atoms with E-state index in [-0.39, 0.29) is 33.9 Å². The number of ether oxygens (including phenoxy) is 1. The smallest absolute Gasteiger partial charge is 0.258 e. The first-order chi connectivity index (χ1) is 16.4. The molecule has 6 nitrogen and oxygen atoms in total. The highest BCUT2D eigenvalue weighted by Gasteiger charge is 2.23. The number of pyridine rings is 2. The molecular formula is C26H21Cl2N3O3. The maximum Gasteiger partial charge on any atom is 0.258 e. The first kappa shape index (κ1) is 22.4. The fourth-order valence-corrected chi connectivity index (χ4v) is 4.95. The first-order valence-corrected chi connectivity index (χ1v) is 11.6. The lowest BCUT2D eigenvalue weighted by Crippen LogP contribution is -2.35. The summed E-state index contributed by atoms with van der Waals surface area (Å²) in [5.41, 5.74) is 3.50. The topological polar surface area (TPSA) is 64.4 Å². The Morgan fingerprint density at radius 1 is 1.09 bits per heavy atom. The standard InChI is InChI=1S/C26H21Cl2N3O3/c1-34-21-9-7-20(8-10-21)31(25(32)18-13-22(27)29-23(28)14-18)15-19-12-17-5-2-4-16-6-3-11-30(24(16)17)26(19)33/h2,4-5,7-10,12-14H,3,6,11,15H2,1H3. The lowest BCUT2D eigenvalue weighted by atomic mass is 10.00. The van der Waals surface area contributed by atoms with E-state index in [2.05, 4.69) is 11.1 Å². The van der Waals surface area contributed by atoms with Crippen LogP contribution in [0.2, 0.25) is 10.3 Å². The van der Waals surface area contributed by atoms with Gasteiger partial charge in [0.15, 0.2) is 0 Å². The first-order valence-electron chi connectivity index (χ1n) is 10.9. The second-order valence-electron chi connectivity index (χ2n) is 8.18. The molecule has 5 rings (SSSR count). The van der Waals surface area contributed by atoms with Gasteiger partial charge < -0.3 is 14.2 Å². The van der Waals surface area contributed by atoms with E-state index < -0.39 is 0 Å². The molecule has 3 heterocycles. The zero-order chi connectivity index (χ0) is 23.8. The van der Waals surface area contributed by atoms with Gasteiger partial charge in [-0.15, -0.1) is 0 Å². The van der Waals surface area contributed by atoms with E-state index in [1.807, 2.05) is 22.8 Å². The number of para-hydroxylation sites is 1. The summed E-state index contributed by atoms with van der Waals surface area (Å²) in [4.78, 5) is 32.6. The van der Waals surface area contributed by atoms with Crippen LogP contribution in [0.4, 0.5) is 5.69 Å². The van der Waals surface area contributed by atoms with Crippen LogP contribution >= 0.6 is 23.2 Å². The third-order valence-electron chi connectivity index (χ3n) is 6.07. The molecule has 0 saturated heterocycles. The molecule has 0 bridgehead atoms. The van der Waals surface area contributed by atoms with Crippen molar-refractivity contribution in [1.82, 2.24) is 9.55 Å². The lowest BCUT2D eigenvalue weighted by molar-refractivity contribution is 0.0985. The summed E-state index contributed by atoms with van der Waals surface area (Å²) in [6.45, 7) is 0.744. The largest absolute Gasteiger partial charge is 0.497 e. The normalized spacial score (nSPS) is 12.6. The quantitative estimate of drug-likeness (QED) is 0.344. The van der Waals surface area contributed by atoms with E-state index in [0.29, 0.717) is 23.5 Å². The number of anilines is 1. The fraction of sp³-hybridized carbons (Fsp3) is 0.192. The molecule has 0 spiro atoms. The van der Waals surface area contributed by atoms with E-state index in [9.17, 15) is 9.59 Å². The second kappa shape index (κ2) is 9.12. The highest BCUT2D eigenvalue weighted by molar-refractivity contribution is 6.33.